The summed E-state index contributed by atoms with van der Waals surface area (Å²) in [5.41, 5.74) is 4.95. The third-order valence-electron chi connectivity index (χ3n) is 1.58. The summed E-state index contributed by atoms with van der Waals surface area (Å²) in [5, 5.41) is 43.5. The molecule has 0 aromatic carbocycles. The van der Waals surface area contributed by atoms with Crippen LogP contribution in [0.1, 0.15) is 0 Å². The predicted octanol–water partition coefficient (Wildman–Crippen LogP) is -3.53. The number of hydrogen-bond acceptors (Lipinski definition) is 6. The monoisotopic (exact) mass is 195 g/mol. The molecule has 0 radical (unpaired) electrons. The number of carboxylic acids is 1. The first-order valence-corrected chi connectivity index (χ1v) is 3.55. The summed E-state index contributed by atoms with van der Waals surface area (Å²) in [6.07, 6.45) is -5.21. The number of carbonyl (C=O) groups is 1. The normalized spacial score (nSPS) is 20.4. The van der Waals surface area contributed by atoms with E-state index >= 15 is 0 Å². The quantitative estimate of drug-likeness (QED) is 0.266. The van der Waals surface area contributed by atoms with Gasteiger partial charge in [-0.05, 0) is 0 Å². The minimum atomic E-state index is -1.82. The lowest BCUT2D eigenvalue weighted by atomic mass is 10.0. The highest BCUT2D eigenvalue weighted by atomic mass is 16.4. The molecule has 0 unspecified atom stereocenters. The van der Waals surface area contributed by atoms with Crippen LogP contribution in [-0.4, -0.2) is 62.5 Å². The van der Waals surface area contributed by atoms with Crippen LogP contribution in [0.4, 0.5) is 0 Å². The van der Waals surface area contributed by atoms with Crippen molar-refractivity contribution in [2.45, 2.75) is 24.4 Å². The molecule has 0 aliphatic carbocycles. The Labute approximate surface area is 74.0 Å². The molecule has 7 heteroatoms. The van der Waals surface area contributed by atoms with Gasteiger partial charge in [0.05, 0.1) is 6.61 Å². The Balaban J connectivity index is 4.24. The van der Waals surface area contributed by atoms with Gasteiger partial charge in [-0.25, -0.2) is 0 Å². The van der Waals surface area contributed by atoms with E-state index in [1.165, 1.54) is 0 Å². The van der Waals surface area contributed by atoms with Gasteiger partial charge < -0.3 is 31.3 Å². The summed E-state index contributed by atoms with van der Waals surface area (Å²) < 4.78 is 0. The lowest BCUT2D eigenvalue weighted by Crippen LogP contribution is -2.52. The van der Waals surface area contributed by atoms with Crippen LogP contribution in [0.3, 0.4) is 0 Å². The number of hydrogen-bond donors (Lipinski definition) is 6. The summed E-state index contributed by atoms with van der Waals surface area (Å²) >= 11 is 0. The molecule has 0 aromatic rings. The van der Waals surface area contributed by atoms with E-state index < -0.39 is 36.9 Å². The molecule has 0 aliphatic heterocycles. The topological polar surface area (TPSA) is 144 Å². The van der Waals surface area contributed by atoms with E-state index in [1.54, 1.807) is 0 Å². The number of carboxylic acid groups (broad SMARTS) is 1. The van der Waals surface area contributed by atoms with Crippen LogP contribution in [-0.2, 0) is 4.79 Å². The van der Waals surface area contributed by atoms with Crippen molar-refractivity contribution < 1.29 is 30.3 Å². The maximum atomic E-state index is 10.2. The van der Waals surface area contributed by atoms with Gasteiger partial charge in [0.25, 0.3) is 0 Å². The van der Waals surface area contributed by atoms with Crippen molar-refractivity contribution in [3.8, 4) is 0 Å². The van der Waals surface area contributed by atoms with Gasteiger partial charge in [0, 0.05) is 0 Å². The van der Waals surface area contributed by atoms with Crippen molar-refractivity contribution in [2.24, 2.45) is 5.73 Å². The zero-order chi connectivity index (χ0) is 10.6. The highest BCUT2D eigenvalue weighted by Gasteiger charge is 2.32. The van der Waals surface area contributed by atoms with Gasteiger partial charge in [-0.1, -0.05) is 0 Å². The molecule has 0 spiro atoms. The van der Waals surface area contributed by atoms with Gasteiger partial charge >= 0.3 is 5.97 Å². The number of aliphatic hydroxyl groups is 4. The smallest absolute Gasteiger partial charge is 0.323 e. The zero-order valence-corrected chi connectivity index (χ0v) is 6.74. The largest absolute Gasteiger partial charge is 0.480 e. The van der Waals surface area contributed by atoms with Crippen LogP contribution in [0.2, 0.25) is 0 Å². The van der Waals surface area contributed by atoms with Crippen LogP contribution < -0.4 is 5.73 Å². The van der Waals surface area contributed by atoms with E-state index in [0.717, 1.165) is 0 Å². The average Bonchev–Trinajstić information content (AvgIpc) is 2.12. The molecule has 0 heterocycles. The zero-order valence-electron chi connectivity index (χ0n) is 6.74. The van der Waals surface area contributed by atoms with Gasteiger partial charge in [0.15, 0.2) is 0 Å². The van der Waals surface area contributed by atoms with Crippen LogP contribution >= 0.6 is 0 Å². The molecule has 7 N–H and O–H groups in total. The molecule has 7 nitrogen and oxygen atoms in total. The van der Waals surface area contributed by atoms with Crippen molar-refractivity contribution in [1.29, 1.82) is 0 Å². The molecule has 0 rings (SSSR count). The first-order valence-electron chi connectivity index (χ1n) is 3.55. The fraction of sp³-hybridized carbons (Fsp3) is 0.833. The Morgan fingerprint density at radius 3 is 2.00 bits per heavy atom. The molecule has 13 heavy (non-hydrogen) atoms. The molecule has 4 atom stereocenters. The van der Waals surface area contributed by atoms with E-state index in [0.29, 0.717) is 0 Å². The van der Waals surface area contributed by atoms with E-state index in [9.17, 15) is 4.79 Å². The molecular formula is C6H13NO6. The Morgan fingerprint density at radius 2 is 1.69 bits per heavy atom. The third kappa shape index (κ3) is 3.25. The van der Waals surface area contributed by atoms with Crippen molar-refractivity contribution in [3.63, 3.8) is 0 Å². The number of rotatable bonds is 5. The second-order valence-corrected chi connectivity index (χ2v) is 2.60. The minimum absolute atomic E-state index is 0.787. The first kappa shape index (κ1) is 12.3. The van der Waals surface area contributed by atoms with E-state index in [-0.39, 0.29) is 0 Å². The highest BCUT2D eigenvalue weighted by molar-refractivity contribution is 5.74. The van der Waals surface area contributed by atoms with E-state index in [2.05, 4.69) is 0 Å². The summed E-state index contributed by atoms with van der Waals surface area (Å²) in [7, 11) is 0. The minimum Gasteiger partial charge on any atom is -0.480 e. The molecule has 0 fully saturated rings. The fourth-order valence-corrected chi connectivity index (χ4v) is 0.694. The Morgan fingerprint density at radius 1 is 1.23 bits per heavy atom. The summed E-state index contributed by atoms with van der Waals surface area (Å²) in [5.74, 6) is -1.50. The van der Waals surface area contributed by atoms with Crippen molar-refractivity contribution in [1.82, 2.24) is 0 Å². The second kappa shape index (κ2) is 5.10. The molecule has 0 saturated carbocycles. The second-order valence-electron chi connectivity index (χ2n) is 2.60. The van der Waals surface area contributed by atoms with Crippen molar-refractivity contribution in [2.75, 3.05) is 6.61 Å². The number of aliphatic hydroxyl groups excluding tert-OH is 4. The molecule has 0 bridgehead atoms. The third-order valence-corrected chi connectivity index (χ3v) is 1.58. The lowest BCUT2D eigenvalue weighted by molar-refractivity contribution is -0.146. The molecule has 78 valence electrons. The van der Waals surface area contributed by atoms with Crippen LogP contribution in [0, 0.1) is 0 Å². The van der Waals surface area contributed by atoms with Crippen LogP contribution in [0.15, 0.2) is 0 Å². The van der Waals surface area contributed by atoms with Gasteiger partial charge in [0.2, 0.25) is 0 Å². The average molecular weight is 195 g/mol. The van der Waals surface area contributed by atoms with Gasteiger partial charge in [0.1, 0.15) is 24.4 Å². The standard InChI is InChI=1S/C6H13NO6/c7-3(6(12)13)5(11)4(10)2(9)1-8/h2-5,8-11H,1,7H2,(H,12,13)/t2-,3-,4+,5-/m1/s1. The highest BCUT2D eigenvalue weighted by Crippen LogP contribution is 2.03. The Bertz CT molecular complexity index is 175. The van der Waals surface area contributed by atoms with Gasteiger partial charge in [-0.15, -0.1) is 0 Å². The molecule has 0 saturated heterocycles. The maximum absolute atomic E-state index is 10.2. The van der Waals surface area contributed by atoms with E-state index in [1.807, 2.05) is 0 Å². The van der Waals surface area contributed by atoms with Crippen LogP contribution in [0.25, 0.3) is 0 Å². The lowest BCUT2D eigenvalue weighted by Gasteiger charge is -2.23. The SMILES string of the molecule is N[C@@H](C(=O)O)[C@@H](O)[C@@H](O)[C@H](O)CO. The Hall–Kier alpha value is -0.730. The van der Waals surface area contributed by atoms with Crippen molar-refractivity contribution in [3.05, 3.63) is 0 Å². The predicted molar refractivity (Wildman–Crippen MR) is 40.7 cm³/mol. The molecule has 0 amide bonds. The molecule has 0 aliphatic rings. The number of nitrogens with two attached hydrogens (primary N) is 1. The van der Waals surface area contributed by atoms with Gasteiger partial charge in [-0.3, -0.25) is 4.79 Å². The Kier molecular flexibility index (Phi) is 4.81. The summed E-state index contributed by atoms with van der Waals surface area (Å²) in [4.78, 5) is 10.2. The van der Waals surface area contributed by atoms with E-state index in [4.69, 9.17) is 31.3 Å². The summed E-state index contributed by atoms with van der Waals surface area (Å²) in [6.45, 7) is -0.787. The maximum Gasteiger partial charge on any atom is 0.323 e. The molecule has 0 aromatic heterocycles. The summed E-state index contributed by atoms with van der Waals surface area (Å²) in [6, 6.07) is -1.70. The van der Waals surface area contributed by atoms with Gasteiger partial charge in [-0.2, -0.15) is 0 Å². The van der Waals surface area contributed by atoms with Crippen molar-refractivity contribution >= 4 is 5.97 Å². The fourth-order valence-electron chi connectivity index (χ4n) is 0.694. The molecular weight excluding hydrogens is 182 g/mol. The van der Waals surface area contributed by atoms with Crippen LogP contribution in [0.5, 0.6) is 0 Å². The number of aliphatic carboxylic acids is 1. The first-order chi connectivity index (χ1) is 5.91.